The molecule has 0 aliphatic carbocycles. The molecule has 0 N–H and O–H groups in total. The fraction of sp³-hybridized carbons (Fsp3) is 0.308. The van der Waals surface area contributed by atoms with E-state index < -0.39 is 0 Å². The van der Waals surface area contributed by atoms with Crippen molar-refractivity contribution >= 4 is 27.9 Å². The largest absolute Gasteiger partial charge is 0.300 e. The normalized spacial score (nSPS) is 9.47. The van der Waals surface area contributed by atoms with Crippen LogP contribution in [0.4, 0.5) is 0 Å². The van der Waals surface area contributed by atoms with Gasteiger partial charge >= 0.3 is 0 Å². The van der Waals surface area contributed by atoms with Crippen LogP contribution in [0, 0.1) is 0 Å². The van der Waals surface area contributed by atoms with Gasteiger partial charge in [0.05, 0.1) is 0 Å². The second-order valence-electron chi connectivity index (χ2n) is 3.25. The first-order valence-corrected chi connectivity index (χ1v) is 6.14. The van der Waals surface area contributed by atoms with Crippen molar-refractivity contribution in [2.24, 2.45) is 0 Å². The number of rotatable bonds is 2. The number of thiophene rings is 1. The standard InChI is InChI=1S/C8H6S.C5H10O/c1-2-4-8-6-9-5-7(8)3-1;1-3-5(6)4-2/h1-6H;3-4H2,1-2H3. The molecular weight excluding hydrogens is 204 g/mol. The van der Waals surface area contributed by atoms with Crippen LogP contribution < -0.4 is 0 Å². The molecular formula is C13H16OS. The molecule has 0 aliphatic rings. The second kappa shape index (κ2) is 6.36. The number of carbonyl (C=O) groups excluding carboxylic acids is 1. The number of hydrogen-bond donors (Lipinski definition) is 0. The lowest BCUT2D eigenvalue weighted by molar-refractivity contribution is -0.118. The zero-order valence-electron chi connectivity index (χ0n) is 9.19. The first kappa shape index (κ1) is 11.9. The Morgan fingerprint density at radius 2 is 1.53 bits per heavy atom. The van der Waals surface area contributed by atoms with Crippen LogP contribution in [0.1, 0.15) is 26.7 Å². The van der Waals surface area contributed by atoms with Crippen LogP contribution in [0.2, 0.25) is 0 Å². The average molecular weight is 220 g/mol. The fourth-order valence-electron chi connectivity index (χ4n) is 1.16. The van der Waals surface area contributed by atoms with Gasteiger partial charge in [0.1, 0.15) is 5.78 Å². The number of ketones is 1. The summed E-state index contributed by atoms with van der Waals surface area (Å²) in [5, 5.41) is 7.02. The van der Waals surface area contributed by atoms with Crippen LogP contribution in [0.5, 0.6) is 0 Å². The van der Waals surface area contributed by atoms with E-state index in [1.165, 1.54) is 10.8 Å². The van der Waals surface area contributed by atoms with Gasteiger partial charge in [-0.05, 0) is 21.5 Å². The summed E-state index contributed by atoms with van der Waals surface area (Å²) in [5.41, 5.74) is 0. The Hall–Kier alpha value is -1.15. The van der Waals surface area contributed by atoms with Crippen molar-refractivity contribution in [3.05, 3.63) is 35.0 Å². The molecule has 0 atom stereocenters. The van der Waals surface area contributed by atoms with Crippen molar-refractivity contribution in [2.45, 2.75) is 26.7 Å². The molecule has 0 unspecified atom stereocenters. The van der Waals surface area contributed by atoms with E-state index in [-0.39, 0.29) is 0 Å². The fourth-order valence-corrected chi connectivity index (χ4v) is 1.95. The van der Waals surface area contributed by atoms with Crippen molar-refractivity contribution in [3.8, 4) is 0 Å². The van der Waals surface area contributed by atoms with Gasteiger partial charge in [-0.1, -0.05) is 38.1 Å². The molecule has 0 bridgehead atoms. The molecule has 2 heteroatoms. The van der Waals surface area contributed by atoms with Crippen molar-refractivity contribution in [1.82, 2.24) is 0 Å². The third kappa shape index (κ3) is 3.84. The van der Waals surface area contributed by atoms with Crippen LogP contribution in [0.3, 0.4) is 0 Å². The lowest BCUT2D eigenvalue weighted by Crippen LogP contribution is -1.88. The molecule has 0 spiro atoms. The van der Waals surface area contributed by atoms with Crippen LogP contribution in [0.15, 0.2) is 35.0 Å². The smallest absolute Gasteiger partial charge is 0.132 e. The minimum atomic E-state index is 0.343. The third-order valence-electron chi connectivity index (χ3n) is 2.17. The van der Waals surface area contributed by atoms with Gasteiger partial charge in [-0.3, -0.25) is 4.79 Å². The van der Waals surface area contributed by atoms with E-state index in [0.717, 1.165) is 0 Å². The van der Waals surface area contributed by atoms with Gasteiger partial charge in [-0.25, -0.2) is 0 Å². The predicted octanol–water partition coefficient (Wildman–Crippen LogP) is 4.28. The first-order valence-electron chi connectivity index (χ1n) is 5.20. The zero-order valence-corrected chi connectivity index (χ0v) is 10.0. The molecule has 1 heterocycles. The molecule has 1 nitrogen and oxygen atoms in total. The zero-order chi connectivity index (χ0) is 11.1. The van der Waals surface area contributed by atoms with E-state index in [4.69, 9.17) is 0 Å². The third-order valence-corrected chi connectivity index (χ3v) is 2.95. The number of fused-ring (bicyclic) bond motifs is 1. The second-order valence-corrected chi connectivity index (χ2v) is 3.99. The maximum atomic E-state index is 10.2. The minimum Gasteiger partial charge on any atom is -0.300 e. The Bertz CT molecular complexity index is 381. The molecule has 0 aliphatic heterocycles. The van der Waals surface area contributed by atoms with E-state index in [2.05, 4.69) is 35.0 Å². The Balaban J connectivity index is 0.000000167. The number of carbonyl (C=O) groups is 1. The van der Waals surface area contributed by atoms with Crippen LogP contribution in [-0.4, -0.2) is 5.78 Å². The van der Waals surface area contributed by atoms with Crippen LogP contribution in [0.25, 0.3) is 10.8 Å². The summed E-state index contributed by atoms with van der Waals surface area (Å²) >= 11 is 1.75. The van der Waals surface area contributed by atoms with Crippen molar-refractivity contribution in [2.75, 3.05) is 0 Å². The van der Waals surface area contributed by atoms with Gasteiger partial charge < -0.3 is 0 Å². The van der Waals surface area contributed by atoms with Gasteiger partial charge in [0.25, 0.3) is 0 Å². The quantitative estimate of drug-likeness (QED) is 0.738. The number of benzene rings is 1. The highest BCUT2D eigenvalue weighted by Crippen LogP contribution is 2.17. The first-order chi connectivity index (χ1) is 7.27. The molecule has 80 valence electrons. The van der Waals surface area contributed by atoms with Gasteiger partial charge in [-0.15, -0.1) is 0 Å². The Labute approximate surface area is 94.7 Å². The summed E-state index contributed by atoms with van der Waals surface area (Å²) in [7, 11) is 0. The molecule has 0 saturated carbocycles. The maximum Gasteiger partial charge on any atom is 0.132 e. The highest BCUT2D eigenvalue weighted by Gasteiger charge is 1.87. The van der Waals surface area contributed by atoms with Crippen molar-refractivity contribution in [1.29, 1.82) is 0 Å². The summed E-state index contributed by atoms with van der Waals surface area (Å²) in [5.74, 6) is 0.343. The lowest BCUT2D eigenvalue weighted by atomic mass is 10.2. The summed E-state index contributed by atoms with van der Waals surface area (Å²) < 4.78 is 0. The van der Waals surface area contributed by atoms with E-state index in [9.17, 15) is 4.79 Å². The Morgan fingerprint density at radius 1 is 1.07 bits per heavy atom. The summed E-state index contributed by atoms with van der Waals surface area (Å²) in [4.78, 5) is 10.2. The van der Waals surface area contributed by atoms with E-state index >= 15 is 0 Å². The molecule has 0 amide bonds. The van der Waals surface area contributed by atoms with E-state index in [0.29, 0.717) is 18.6 Å². The summed E-state index contributed by atoms with van der Waals surface area (Å²) in [6, 6.07) is 8.39. The van der Waals surface area contributed by atoms with Crippen molar-refractivity contribution < 1.29 is 4.79 Å². The molecule has 1 aromatic heterocycles. The number of hydrogen-bond acceptors (Lipinski definition) is 2. The van der Waals surface area contributed by atoms with Gasteiger partial charge in [0.2, 0.25) is 0 Å². The average Bonchev–Trinajstić information content (AvgIpc) is 2.76. The Kier molecular flexibility index (Phi) is 5.05. The highest BCUT2D eigenvalue weighted by molar-refractivity contribution is 7.09. The molecule has 1 aromatic carbocycles. The molecule has 0 fully saturated rings. The topological polar surface area (TPSA) is 17.1 Å². The molecule has 2 aromatic rings. The summed E-state index contributed by atoms with van der Waals surface area (Å²) in [6.07, 6.45) is 1.38. The van der Waals surface area contributed by atoms with Gasteiger partial charge in [-0.2, -0.15) is 11.3 Å². The van der Waals surface area contributed by atoms with E-state index in [1.54, 1.807) is 11.3 Å². The number of Topliss-reactive ketones (excluding diaryl/α,β-unsaturated/α-hetero) is 1. The monoisotopic (exact) mass is 220 g/mol. The van der Waals surface area contributed by atoms with E-state index in [1.807, 2.05) is 13.8 Å². The summed E-state index contributed by atoms with van der Waals surface area (Å²) in [6.45, 7) is 3.76. The van der Waals surface area contributed by atoms with Crippen molar-refractivity contribution in [3.63, 3.8) is 0 Å². The predicted molar refractivity (Wildman–Crippen MR) is 67.4 cm³/mol. The molecule has 0 saturated heterocycles. The minimum absolute atomic E-state index is 0.343. The molecule has 2 rings (SSSR count). The Morgan fingerprint density at radius 3 is 1.87 bits per heavy atom. The molecule has 15 heavy (non-hydrogen) atoms. The highest BCUT2D eigenvalue weighted by atomic mass is 32.1. The molecule has 0 radical (unpaired) electrons. The maximum absolute atomic E-state index is 10.2. The lowest BCUT2D eigenvalue weighted by Gasteiger charge is -1.82. The van der Waals surface area contributed by atoms with Gasteiger partial charge in [0, 0.05) is 12.8 Å². The van der Waals surface area contributed by atoms with Gasteiger partial charge in [0.15, 0.2) is 0 Å². The SMILES string of the molecule is CCC(=O)CC.c1ccc2cscc2c1. The van der Waals surface area contributed by atoms with Crippen LogP contribution in [-0.2, 0) is 4.79 Å². The van der Waals surface area contributed by atoms with Crippen LogP contribution >= 0.6 is 11.3 Å².